The van der Waals surface area contributed by atoms with Gasteiger partial charge in [-0.25, -0.2) is 4.98 Å². The highest BCUT2D eigenvalue weighted by atomic mass is 35.5. The Bertz CT molecular complexity index is 670. The first kappa shape index (κ1) is 15.8. The van der Waals surface area contributed by atoms with Crippen LogP contribution in [0, 0.1) is 11.3 Å². The Kier molecular flexibility index (Phi) is 4.87. The molecule has 0 N–H and O–H groups in total. The van der Waals surface area contributed by atoms with Crippen molar-refractivity contribution in [1.29, 1.82) is 5.26 Å². The first-order valence-corrected chi connectivity index (χ1v) is 7.63. The molecule has 0 saturated heterocycles. The van der Waals surface area contributed by atoms with Crippen LogP contribution in [0.2, 0.25) is 0 Å². The fraction of sp³-hybridized carbons (Fsp3) is 0.500. The molecule has 0 bridgehead atoms. The molecule has 0 aliphatic rings. The third kappa shape index (κ3) is 3.55. The molecule has 1 heterocycles. The molecule has 112 valence electrons. The van der Waals surface area contributed by atoms with Crippen LogP contribution in [0.3, 0.4) is 0 Å². The standard InChI is InChI=1S/C16H20ClN3O/c1-4-21-16(2,3)11-20-14-9-12(10-18)5-6-13(14)19-15(20)7-8-17/h5-6,9H,4,7-8,11H2,1-3H3. The number of halogens is 1. The van der Waals surface area contributed by atoms with E-state index in [9.17, 15) is 0 Å². The fourth-order valence-corrected chi connectivity index (χ4v) is 2.68. The average molecular weight is 306 g/mol. The van der Waals surface area contributed by atoms with Crippen molar-refractivity contribution >= 4 is 22.6 Å². The zero-order chi connectivity index (χ0) is 15.5. The molecule has 0 aliphatic heterocycles. The van der Waals surface area contributed by atoms with Crippen LogP contribution < -0.4 is 0 Å². The lowest BCUT2D eigenvalue weighted by atomic mass is 10.1. The van der Waals surface area contributed by atoms with Crippen LogP contribution in [0.4, 0.5) is 0 Å². The topological polar surface area (TPSA) is 50.8 Å². The van der Waals surface area contributed by atoms with E-state index in [0.29, 0.717) is 31.0 Å². The van der Waals surface area contributed by atoms with Crippen molar-refractivity contribution in [2.75, 3.05) is 12.5 Å². The van der Waals surface area contributed by atoms with Crippen molar-refractivity contribution in [2.24, 2.45) is 0 Å². The van der Waals surface area contributed by atoms with Crippen molar-refractivity contribution in [3.8, 4) is 6.07 Å². The van der Waals surface area contributed by atoms with Gasteiger partial charge in [0.15, 0.2) is 0 Å². The first-order chi connectivity index (χ1) is 10.0. The second kappa shape index (κ2) is 6.46. The van der Waals surface area contributed by atoms with E-state index < -0.39 is 0 Å². The van der Waals surface area contributed by atoms with Gasteiger partial charge >= 0.3 is 0 Å². The summed E-state index contributed by atoms with van der Waals surface area (Å²) in [6.07, 6.45) is 0.695. The third-order valence-electron chi connectivity index (χ3n) is 3.35. The largest absolute Gasteiger partial charge is 0.374 e. The van der Waals surface area contributed by atoms with E-state index in [1.165, 1.54) is 0 Å². The number of hydrogen-bond donors (Lipinski definition) is 0. The first-order valence-electron chi connectivity index (χ1n) is 7.10. The summed E-state index contributed by atoms with van der Waals surface area (Å²) < 4.78 is 7.91. The van der Waals surface area contributed by atoms with Gasteiger partial charge in [-0.2, -0.15) is 5.26 Å². The Balaban J connectivity index is 2.51. The van der Waals surface area contributed by atoms with Crippen LogP contribution in [-0.2, 0) is 17.7 Å². The molecule has 0 fully saturated rings. The highest BCUT2D eigenvalue weighted by molar-refractivity contribution is 6.17. The van der Waals surface area contributed by atoms with Crippen LogP contribution >= 0.6 is 11.6 Å². The lowest BCUT2D eigenvalue weighted by Crippen LogP contribution is -2.31. The number of nitrogens with zero attached hydrogens (tertiary/aromatic N) is 3. The normalized spacial score (nSPS) is 11.8. The molecule has 0 spiro atoms. The van der Waals surface area contributed by atoms with Crippen molar-refractivity contribution in [3.63, 3.8) is 0 Å². The predicted molar refractivity (Wildman–Crippen MR) is 84.6 cm³/mol. The van der Waals surface area contributed by atoms with Gasteiger partial charge in [-0.1, -0.05) is 0 Å². The van der Waals surface area contributed by atoms with Gasteiger partial charge in [0.2, 0.25) is 0 Å². The van der Waals surface area contributed by atoms with Crippen LogP contribution in [0.5, 0.6) is 0 Å². The minimum Gasteiger partial charge on any atom is -0.374 e. The van der Waals surface area contributed by atoms with Crippen molar-refractivity contribution in [3.05, 3.63) is 29.6 Å². The quantitative estimate of drug-likeness (QED) is 0.767. The number of aromatic nitrogens is 2. The zero-order valence-corrected chi connectivity index (χ0v) is 13.4. The van der Waals surface area contributed by atoms with E-state index >= 15 is 0 Å². The van der Waals surface area contributed by atoms with Gasteiger partial charge in [-0.3, -0.25) is 0 Å². The Hall–Kier alpha value is -1.57. The van der Waals surface area contributed by atoms with Gasteiger partial charge < -0.3 is 9.30 Å². The number of alkyl halides is 1. The van der Waals surface area contributed by atoms with Gasteiger partial charge in [-0.05, 0) is 39.0 Å². The van der Waals surface area contributed by atoms with E-state index in [0.717, 1.165) is 16.9 Å². The molecular weight excluding hydrogens is 286 g/mol. The second-order valence-corrected chi connectivity index (χ2v) is 5.94. The lowest BCUT2D eigenvalue weighted by Gasteiger charge is -2.26. The molecule has 21 heavy (non-hydrogen) atoms. The van der Waals surface area contributed by atoms with Gasteiger partial charge in [-0.15, -0.1) is 11.6 Å². The fourth-order valence-electron chi connectivity index (χ4n) is 2.51. The molecule has 2 aromatic rings. The van der Waals surface area contributed by atoms with Gasteiger partial charge in [0.05, 0.1) is 34.8 Å². The molecule has 0 saturated carbocycles. The van der Waals surface area contributed by atoms with Crippen molar-refractivity contribution in [2.45, 2.75) is 39.3 Å². The van der Waals surface area contributed by atoms with Gasteiger partial charge in [0.1, 0.15) is 5.82 Å². The molecule has 0 radical (unpaired) electrons. The molecule has 4 nitrogen and oxygen atoms in total. The highest BCUT2D eigenvalue weighted by Gasteiger charge is 2.22. The molecule has 5 heteroatoms. The second-order valence-electron chi connectivity index (χ2n) is 5.56. The zero-order valence-electron chi connectivity index (χ0n) is 12.7. The maximum atomic E-state index is 9.09. The molecule has 2 rings (SSSR count). The summed E-state index contributed by atoms with van der Waals surface area (Å²) >= 11 is 5.89. The predicted octanol–water partition coefficient (Wildman–Crippen LogP) is 3.50. The van der Waals surface area contributed by atoms with E-state index in [1.807, 2.05) is 19.1 Å². The van der Waals surface area contributed by atoms with Crippen LogP contribution in [0.25, 0.3) is 11.0 Å². The van der Waals surface area contributed by atoms with Crippen molar-refractivity contribution in [1.82, 2.24) is 9.55 Å². The van der Waals surface area contributed by atoms with Gasteiger partial charge in [0.25, 0.3) is 0 Å². The Morgan fingerprint density at radius 3 is 2.81 bits per heavy atom. The molecule has 0 aliphatic carbocycles. The van der Waals surface area contributed by atoms with E-state index in [2.05, 4.69) is 29.5 Å². The van der Waals surface area contributed by atoms with Gasteiger partial charge in [0, 0.05) is 18.9 Å². The molecule has 0 unspecified atom stereocenters. The Morgan fingerprint density at radius 2 is 2.19 bits per heavy atom. The number of fused-ring (bicyclic) bond motifs is 1. The maximum Gasteiger partial charge on any atom is 0.111 e. The SMILES string of the molecule is CCOC(C)(C)Cn1c(CCCl)nc2ccc(C#N)cc21. The van der Waals surface area contributed by atoms with E-state index in [1.54, 1.807) is 6.07 Å². The Labute approximate surface area is 130 Å². The molecule has 1 aromatic carbocycles. The average Bonchev–Trinajstić information content (AvgIpc) is 2.76. The summed E-state index contributed by atoms with van der Waals surface area (Å²) in [5, 5.41) is 9.09. The summed E-state index contributed by atoms with van der Waals surface area (Å²) in [6.45, 7) is 7.44. The van der Waals surface area contributed by atoms with Crippen LogP contribution in [0.1, 0.15) is 32.2 Å². The van der Waals surface area contributed by atoms with Crippen LogP contribution in [-0.4, -0.2) is 27.6 Å². The van der Waals surface area contributed by atoms with E-state index in [4.69, 9.17) is 21.6 Å². The van der Waals surface area contributed by atoms with Crippen molar-refractivity contribution < 1.29 is 4.74 Å². The summed E-state index contributed by atoms with van der Waals surface area (Å²) in [7, 11) is 0. The smallest absolute Gasteiger partial charge is 0.111 e. The highest BCUT2D eigenvalue weighted by Crippen LogP contribution is 2.23. The van der Waals surface area contributed by atoms with Crippen LogP contribution in [0.15, 0.2) is 18.2 Å². The maximum absolute atomic E-state index is 9.09. The number of rotatable bonds is 6. The number of nitriles is 1. The molecular formula is C16H20ClN3O. The van der Waals surface area contributed by atoms with E-state index in [-0.39, 0.29) is 5.60 Å². The number of imidazole rings is 1. The third-order valence-corrected chi connectivity index (χ3v) is 3.54. The molecule has 1 aromatic heterocycles. The number of hydrogen-bond acceptors (Lipinski definition) is 3. The summed E-state index contributed by atoms with van der Waals surface area (Å²) in [5.74, 6) is 1.45. The molecule has 0 atom stereocenters. The number of ether oxygens (including phenoxy) is 1. The number of benzene rings is 1. The minimum atomic E-state index is -0.300. The summed E-state index contributed by atoms with van der Waals surface area (Å²) in [6, 6.07) is 7.73. The summed E-state index contributed by atoms with van der Waals surface area (Å²) in [5.41, 5.74) is 2.19. The lowest BCUT2D eigenvalue weighted by molar-refractivity contribution is -0.0221. The monoisotopic (exact) mass is 305 g/mol. The Morgan fingerprint density at radius 1 is 1.43 bits per heavy atom. The summed E-state index contributed by atoms with van der Waals surface area (Å²) in [4.78, 5) is 4.64. The minimum absolute atomic E-state index is 0.300. The molecule has 0 amide bonds. The number of aryl methyl sites for hydroxylation is 1.